The maximum absolute atomic E-state index is 12.2. The van der Waals surface area contributed by atoms with Crippen LogP contribution in [0.5, 0.6) is 0 Å². The average Bonchev–Trinajstić information content (AvgIpc) is 2.79. The first-order valence-corrected chi connectivity index (χ1v) is 7.37. The number of aliphatic carboxylic acids is 1. The lowest BCUT2D eigenvalue weighted by Crippen LogP contribution is -2.44. The van der Waals surface area contributed by atoms with Gasteiger partial charge in [-0.25, -0.2) is 9.78 Å². The predicted octanol–water partition coefficient (Wildman–Crippen LogP) is -0.345. The van der Waals surface area contributed by atoms with Crippen LogP contribution in [0.4, 0.5) is 10.6 Å². The maximum atomic E-state index is 12.2. The fourth-order valence-electron chi connectivity index (χ4n) is 2.39. The highest BCUT2D eigenvalue weighted by Crippen LogP contribution is 2.16. The Kier molecular flexibility index (Phi) is 6.10. The number of carbonyl (C=O) groups is 2. The van der Waals surface area contributed by atoms with Crippen molar-refractivity contribution in [1.82, 2.24) is 20.2 Å². The monoisotopic (exact) mass is 323 g/mol. The van der Waals surface area contributed by atoms with Crippen LogP contribution in [0, 0.1) is 5.92 Å². The number of ether oxygens (including phenoxy) is 1. The molecular weight excluding hydrogens is 302 g/mol. The Morgan fingerprint density at radius 3 is 2.87 bits per heavy atom. The summed E-state index contributed by atoms with van der Waals surface area (Å²) in [5.41, 5.74) is 0. The van der Waals surface area contributed by atoms with Crippen LogP contribution in [-0.2, 0) is 9.53 Å². The molecule has 9 heteroatoms. The molecule has 2 N–H and O–H groups in total. The van der Waals surface area contributed by atoms with Crippen LogP contribution in [0.2, 0.25) is 0 Å². The Balaban J connectivity index is 2.05. The molecule has 0 aromatic carbocycles. The van der Waals surface area contributed by atoms with Gasteiger partial charge < -0.3 is 25.0 Å². The number of nitrogens with zero attached hydrogens (tertiary/aromatic N) is 4. The van der Waals surface area contributed by atoms with Crippen molar-refractivity contribution < 1.29 is 19.4 Å². The van der Waals surface area contributed by atoms with Crippen molar-refractivity contribution in [2.45, 2.75) is 0 Å². The zero-order chi connectivity index (χ0) is 16.7. The van der Waals surface area contributed by atoms with Gasteiger partial charge in [0.05, 0.1) is 18.7 Å². The molecule has 1 aliphatic rings. The third kappa shape index (κ3) is 4.78. The molecule has 0 spiro atoms. The molecule has 2 heterocycles. The van der Waals surface area contributed by atoms with Crippen LogP contribution >= 0.6 is 0 Å². The first-order valence-electron chi connectivity index (χ1n) is 7.37. The van der Waals surface area contributed by atoms with E-state index in [1.807, 2.05) is 4.90 Å². The quantitative estimate of drug-likeness (QED) is 0.713. The molecule has 1 unspecified atom stereocenters. The normalized spacial score (nSPS) is 18.4. The van der Waals surface area contributed by atoms with Gasteiger partial charge in [0.15, 0.2) is 0 Å². The molecule has 1 aromatic heterocycles. The highest BCUT2D eigenvalue weighted by molar-refractivity contribution is 5.76. The van der Waals surface area contributed by atoms with E-state index in [1.165, 1.54) is 4.90 Å². The molecule has 0 bridgehead atoms. The van der Waals surface area contributed by atoms with Gasteiger partial charge in [0, 0.05) is 52.2 Å². The lowest BCUT2D eigenvalue weighted by atomic mass is 10.1. The topological polar surface area (TPSA) is 108 Å². The van der Waals surface area contributed by atoms with Crippen LogP contribution in [-0.4, -0.2) is 78.4 Å². The Hall–Kier alpha value is -2.42. The molecule has 1 aromatic rings. The second-order valence-electron chi connectivity index (χ2n) is 5.22. The lowest BCUT2D eigenvalue weighted by molar-refractivity contribution is -0.141. The molecule has 1 saturated heterocycles. The summed E-state index contributed by atoms with van der Waals surface area (Å²) in [6.45, 7) is 2.16. The van der Waals surface area contributed by atoms with Gasteiger partial charge in [0.1, 0.15) is 5.82 Å². The molecule has 2 rings (SSSR count). The Labute approximate surface area is 134 Å². The summed E-state index contributed by atoms with van der Waals surface area (Å²) in [5, 5.41) is 12.1. The van der Waals surface area contributed by atoms with E-state index >= 15 is 0 Å². The highest BCUT2D eigenvalue weighted by atomic mass is 16.5. The first-order chi connectivity index (χ1) is 11.1. The minimum Gasteiger partial charge on any atom is -0.481 e. The molecule has 0 saturated carbocycles. The summed E-state index contributed by atoms with van der Waals surface area (Å²) in [7, 11) is 1.55. The predicted molar refractivity (Wildman–Crippen MR) is 82.2 cm³/mol. The van der Waals surface area contributed by atoms with E-state index < -0.39 is 11.9 Å². The number of hydrogen-bond acceptors (Lipinski definition) is 6. The summed E-state index contributed by atoms with van der Waals surface area (Å²) in [4.78, 5) is 35.2. The van der Waals surface area contributed by atoms with Crippen LogP contribution < -0.4 is 10.2 Å². The minimum absolute atomic E-state index is 0.158. The van der Waals surface area contributed by atoms with E-state index in [0.29, 0.717) is 32.1 Å². The van der Waals surface area contributed by atoms with Gasteiger partial charge in [0.2, 0.25) is 0 Å². The highest BCUT2D eigenvalue weighted by Gasteiger charge is 2.30. The number of aromatic nitrogens is 2. The molecule has 9 nitrogen and oxygen atoms in total. The number of methoxy groups -OCH3 is 1. The third-order valence-corrected chi connectivity index (χ3v) is 3.61. The van der Waals surface area contributed by atoms with Crippen molar-refractivity contribution in [3.63, 3.8) is 0 Å². The summed E-state index contributed by atoms with van der Waals surface area (Å²) in [6, 6.07) is -0.283. The van der Waals surface area contributed by atoms with E-state index in [0.717, 1.165) is 0 Å². The average molecular weight is 323 g/mol. The van der Waals surface area contributed by atoms with Crippen molar-refractivity contribution in [1.29, 1.82) is 0 Å². The second-order valence-corrected chi connectivity index (χ2v) is 5.22. The molecule has 126 valence electrons. The van der Waals surface area contributed by atoms with E-state index in [-0.39, 0.29) is 19.1 Å². The summed E-state index contributed by atoms with van der Waals surface area (Å²) in [6.07, 6.45) is 4.71. The molecule has 1 fully saturated rings. The Bertz CT molecular complexity index is 527. The van der Waals surface area contributed by atoms with Gasteiger partial charge in [0.25, 0.3) is 0 Å². The fraction of sp³-hybridized carbons (Fsp3) is 0.571. The van der Waals surface area contributed by atoms with E-state index in [2.05, 4.69) is 15.3 Å². The Morgan fingerprint density at radius 2 is 2.22 bits per heavy atom. The minimum atomic E-state index is -0.935. The molecule has 0 aliphatic carbocycles. The summed E-state index contributed by atoms with van der Waals surface area (Å²) >= 11 is 0. The number of nitrogens with one attached hydrogen (secondary N) is 1. The van der Waals surface area contributed by atoms with Gasteiger partial charge in [-0.3, -0.25) is 9.78 Å². The standard InChI is InChI=1S/C14H21N5O4/c1-23-7-4-17-14(22)19-6-5-18(9-11(10-19)13(20)21)12-8-15-2-3-16-12/h2-3,8,11H,4-7,9-10H2,1H3,(H,17,22)(H,20,21). The smallest absolute Gasteiger partial charge is 0.317 e. The van der Waals surface area contributed by atoms with Gasteiger partial charge >= 0.3 is 12.0 Å². The van der Waals surface area contributed by atoms with Crippen LogP contribution in [0.1, 0.15) is 0 Å². The number of carbonyl (C=O) groups excluding carboxylic acids is 1. The van der Waals surface area contributed by atoms with Gasteiger partial charge in [-0.2, -0.15) is 0 Å². The molecule has 23 heavy (non-hydrogen) atoms. The van der Waals surface area contributed by atoms with Crippen molar-refractivity contribution in [3.8, 4) is 0 Å². The number of anilines is 1. The van der Waals surface area contributed by atoms with Gasteiger partial charge in [-0.05, 0) is 0 Å². The van der Waals surface area contributed by atoms with Crippen LogP contribution in [0.3, 0.4) is 0 Å². The number of urea groups is 1. The first kappa shape index (κ1) is 16.9. The number of carboxylic acid groups (broad SMARTS) is 1. The number of hydrogen-bond donors (Lipinski definition) is 2. The largest absolute Gasteiger partial charge is 0.481 e. The fourth-order valence-corrected chi connectivity index (χ4v) is 2.39. The van der Waals surface area contributed by atoms with Crippen molar-refractivity contribution in [3.05, 3.63) is 18.6 Å². The van der Waals surface area contributed by atoms with E-state index in [1.54, 1.807) is 25.7 Å². The number of carboxylic acids is 1. The molecule has 0 radical (unpaired) electrons. The summed E-state index contributed by atoms with van der Waals surface area (Å²) in [5.74, 6) is -1.01. The van der Waals surface area contributed by atoms with Crippen molar-refractivity contribution in [2.24, 2.45) is 5.92 Å². The van der Waals surface area contributed by atoms with Crippen molar-refractivity contribution in [2.75, 3.05) is 51.3 Å². The molecule has 2 amide bonds. The zero-order valence-electron chi connectivity index (χ0n) is 13.0. The Morgan fingerprint density at radius 1 is 1.39 bits per heavy atom. The number of amides is 2. The second kappa shape index (κ2) is 8.28. The van der Waals surface area contributed by atoms with E-state index in [4.69, 9.17) is 4.74 Å². The van der Waals surface area contributed by atoms with Crippen molar-refractivity contribution >= 4 is 17.8 Å². The van der Waals surface area contributed by atoms with Crippen LogP contribution in [0.25, 0.3) is 0 Å². The van der Waals surface area contributed by atoms with Crippen LogP contribution in [0.15, 0.2) is 18.6 Å². The number of rotatable bonds is 5. The third-order valence-electron chi connectivity index (χ3n) is 3.61. The van der Waals surface area contributed by atoms with E-state index in [9.17, 15) is 14.7 Å². The molecular formula is C14H21N5O4. The summed E-state index contributed by atoms with van der Waals surface area (Å²) < 4.78 is 4.89. The molecule has 1 atom stereocenters. The molecule has 1 aliphatic heterocycles. The zero-order valence-corrected chi connectivity index (χ0v) is 13.0. The van der Waals surface area contributed by atoms with Gasteiger partial charge in [-0.1, -0.05) is 0 Å². The van der Waals surface area contributed by atoms with Gasteiger partial charge in [-0.15, -0.1) is 0 Å². The lowest BCUT2D eigenvalue weighted by Gasteiger charge is -2.22. The SMILES string of the molecule is COCCNC(=O)N1CCN(c2cnccn2)CC(C(=O)O)C1. The maximum Gasteiger partial charge on any atom is 0.317 e.